The highest BCUT2D eigenvalue weighted by atomic mass is 19.4. The Hall–Kier alpha value is -0.210. The van der Waals surface area contributed by atoms with E-state index in [0.29, 0.717) is 23.7 Å². The normalized spacial score (nSPS) is 28.2. The lowest BCUT2D eigenvalue weighted by Gasteiger charge is -2.42. The van der Waals surface area contributed by atoms with Gasteiger partial charge in [0.2, 0.25) is 0 Å². The maximum absolute atomic E-state index is 12.2. The fraction of sp³-hybridized carbons (Fsp3) is 1.00. The van der Waals surface area contributed by atoms with Crippen LogP contribution in [0.2, 0.25) is 0 Å². The largest absolute Gasteiger partial charge is 0.394 e. The Morgan fingerprint density at radius 2 is 0.611 bits per heavy atom. The zero-order chi connectivity index (χ0) is 54.9. The molecule has 0 radical (unpaired) electrons. The van der Waals surface area contributed by atoms with E-state index >= 15 is 0 Å². The molecule has 2 atom stereocenters. The molecule has 2 unspecified atom stereocenters. The predicted octanol–water partition coefficient (Wildman–Crippen LogP) is 26.0. The van der Waals surface area contributed by atoms with E-state index in [1.165, 1.54) is 231 Å². The van der Waals surface area contributed by atoms with Gasteiger partial charge in [0, 0.05) is 0 Å². The number of alkyl halides is 3. The number of hydrogen-bond donors (Lipinski definition) is 0. The zero-order valence-corrected chi connectivity index (χ0v) is 53.0. The van der Waals surface area contributed by atoms with Crippen molar-refractivity contribution in [3.63, 3.8) is 0 Å². The summed E-state index contributed by atoms with van der Waals surface area (Å²) in [6.07, 6.45) is 50.1. The summed E-state index contributed by atoms with van der Waals surface area (Å²) >= 11 is 0. The highest BCUT2D eigenvalue weighted by Crippen LogP contribution is 2.55. The number of rotatable bonds is 9. The highest BCUT2D eigenvalue weighted by molar-refractivity contribution is 4.92. The second-order valence-corrected chi connectivity index (χ2v) is 30.1. The summed E-state index contributed by atoms with van der Waals surface area (Å²) in [5.74, 6) is 0.975. The molecule has 3 heteroatoms. The first-order chi connectivity index (χ1) is 33.5. The van der Waals surface area contributed by atoms with Gasteiger partial charge in [0.05, 0.1) is 5.41 Å². The Balaban J connectivity index is 0.000000407. The first-order valence-electron chi connectivity index (χ1n) is 32.5. The van der Waals surface area contributed by atoms with Gasteiger partial charge in [0.15, 0.2) is 0 Å². The van der Waals surface area contributed by atoms with E-state index in [9.17, 15) is 13.2 Å². The van der Waals surface area contributed by atoms with Crippen LogP contribution in [0.4, 0.5) is 13.2 Å². The van der Waals surface area contributed by atoms with E-state index in [4.69, 9.17) is 0 Å². The average molecular weight is 1020 g/mol. The summed E-state index contributed by atoms with van der Waals surface area (Å²) in [6.45, 7) is 41.7. The van der Waals surface area contributed by atoms with Crippen LogP contribution in [0.5, 0.6) is 0 Å². The van der Waals surface area contributed by atoms with Gasteiger partial charge in [0.25, 0.3) is 0 Å². The minimum atomic E-state index is -3.96. The van der Waals surface area contributed by atoms with E-state index < -0.39 is 11.6 Å². The van der Waals surface area contributed by atoms with Crippen LogP contribution in [0.15, 0.2) is 0 Å². The third kappa shape index (κ3) is 26.9. The third-order valence-electron chi connectivity index (χ3n) is 22.2. The minimum Gasteiger partial charge on any atom is -0.171 e. The molecule has 9 aliphatic carbocycles. The van der Waals surface area contributed by atoms with Crippen LogP contribution >= 0.6 is 0 Å². The van der Waals surface area contributed by atoms with Crippen molar-refractivity contribution >= 4 is 0 Å². The van der Waals surface area contributed by atoms with Crippen LogP contribution in [0.25, 0.3) is 0 Å². The standard InChI is InChI=1S/3C9H18.2C8H16.C7H11F3.C7H14.2C6H12/c1-4-9(3)7-5-6-8(9)2;2*1-3-6-9(2)7-4-5-8-9;2*1-3-8(2)6-4-5-7-8;1-2-6(4-3-5-6)7(8,9)10;1-7(2)5-3-4-6-7;1-6(2)4-3-5-6;1-3-6(2)4-5-6/h8H,4-7H2,1-3H3;2*3-8H2,1-2H3;2*3-7H2,1-2H3;2-5H2,1H3;3-6H2,1-2H3;2*3-5H2,1-2H3. The fourth-order valence-electron chi connectivity index (χ4n) is 13.5. The van der Waals surface area contributed by atoms with E-state index in [-0.39, 0.29) is 6.42 Å². The smallest absolute Gasteiger partial charge is 0.171 e. The van der Waals surface area contributed by atoms with E-state index in [1.807, 2.05) is 0 Å². The van der Waals surface area contributed by atoms with Crippen molar-refractivity contribution in [1.82, 2.24) is 0 Å². The van der Waals surface area contributed by atoms with Gasteiger partial charge in [-0.1, -0.05) is 253 Å². The van der Waals surface area contributed by atoms with Crippen LogP contribution in [0.1, 0.15) is 381 Å². The first kappa shape index (κ1) is 69.8. The first-order valence-corrected chi connectivity index (χ1v) is 32.5. The van der Waals surface area contributed by atoms with Gasteiger partial charge in [-0.2, -0.15) is 13.2 Å². The van der Waals surface area contributed by atoms with Crippen molar-refractivity contribution in [1.29, 1.82) is 0 Å². The van der Waals surface area contributed by atoms with Crippen LogP contribution in [-0.4, -0.2) is 6.18 Å². The lowest BCUT2D eigenvalue weighted by molar-refractivity contribution is -0.251. The molecule has 0 aromatic rings. The monoisotopic (exact) mass is 1020 g/mol. The molecule has 0 aliphatic heterocycles. The topological polar surface area (TPSA) is 0 Å². The molecular formula is C69H135F3. The molecule has 0 saturated heterocycles. The molecular weight excluding hydrogens is 886 g/mol. The molecule has 432 valence electrons. The zero-order valence-electron chi connectivity index (χ0n) is 53.0. The Bertz CT molecular complexity index is 1260. The summed E-state index contributed by atoms with van der Waals surface area (Å²) in [7, 11) is 0. The van der Waals surface area contributed by atoms with Gasteiger partial charge in [-0.3, -0.25) is 0 Å². The summed E-state index contributed by atoms with van der Waals surface area (Å²) < 4.78 is 36.5. The molecule has 72 heavy (non-hydrogen) atoms. The van der Waals surface area contributed by atoms with Crippen molar-refractivity contribution < 1.29 is 13.2 Å². The summed E-state index contributed by atoms with van der Waals surface area (Å²) in [6, 6.07) is 0. The molecule has 0 N–H and O–H groups in total. The second-order valence-electron chi connectivity index (χ2n) is 30.1. The number of halogens is 3. The van der Waals surface area contributed by atoms with Crippen LogP contribution < -0.4 is 0 Å². The maximum Gasteiger partial charge on any atom is 0.394 e. The molecule has 0 bridgehead atoms. The summed E-state index contributed by atoms with van der Waals surface area (Å²) in [4.78, 5) is 0. The van der Waals surface area contributed by atoms with Crippen molar-refractivity contribution in [2.45, 2.75) is 388 Å². The highest BCUT2D eigenvalue weighted by Gasteiger charge is 2.56. The maximum atomic E-state index is 12.2. The minimum absolute atomic E-state index is 0.247. The molecule has 0 aromatic carbocycles. The van der Waals surface area contributed by atoms with Crippen LogP contribution in [0, 0.1) is 54.7 Å². The fourth-order valence-corrected chi connectivity index (χ4v) is 13.5. The Morgan fingerprint density at radius 3 is 0.722 bits per heavy atom. The van der Waals surface area contributed by atoms with Gasteiger partial charge in [-0.15, -0.1) is 0 Å². The molecule has 9 rings (SSSR count). The molecule has 9 saturated carbocycles. The van der Waals surface area contributed by atoms with Gasteiger partial charge >= 0.3 is 6.18 Å². The van der Waals surface area contributed by atoms with Crippen molar-refractivity contribution in [2.75, 3.05) is 0 Å². The van der Waals surface area contributed by atoms with E-state index in [2.05, 4.69) is 118 Å². The predicted molar refractivity (Wildman–Crippen MR) is 318 cm³/mol. The molecule has 0 aromatic heterocycles. The molecule has 0 heterocycles. The van der Waals surface area contributed by atoms with Crippen LogP contribution in [0.3, 0.4) is 0 Å². The quantitative estimate of drug-likeness (QED) is 0.216. The third-order valence-corrected chi connectivity index (χ3v) is 22.2. The second kappa shape index (κ2) is 32.6. The Labute approximate surface area is 453 Å². The van der Waals surface area contributed by atoms with Crippen LogP contribution in [-0.2, 0) is 0 Å². The van der Waals surface area contributed by atoms with E-state index in [1.54, 1.807) is 6.92 Å². The SMILES string of the molecule is CC1(C)CCC1.CC1(C)CCCC1.CCC1(C(F)(F)F)CCC1.CCC1(C)CC1.CCC1(C)CCCC1.CCC1(C)CCCC1.CCC1(C)CCCC1C.CCCC1(C)CCCC1.CCCC1(C)CCCC1. The van der Waals surface area contributed by atoms with Gasteiger partial charge in [-0.25, -0.2) is 0 Å². The van der Waals surface area contributed by atoms with Crippen molar-refractivity contribution in [3.05, 3.63) is 0 Å². The molecule has 0 spiro atoms. The summed E-state index contributed by atoms with van der Waals surface area (Å²) in [5.41, 5.74) is 4.57. The average Bonchev–Trinajstić information content (AvgIpc) is 4.04. The molecule has 9 aliphatic rings. The van der Waals surface area contributed by atoms with Gasteiger partial charge < -0.3 is 0 Å². The number of hydrogen-bond acceptors (Lipinski definition) is 0. The van der Waals surface area contributed by atoms with Gasteiger partial charge in [-0.05, 0) is 178 Å². The molecule has 9 fully saturated rings. The Morgan fingerprint density at radius 1 is 0.319 bits per heavy atom. The van der Waals surface area contributed by atoms with Crippen molar-refractivity contribution in [2.24, 2.45) is 54.7 Å². The lowest BCUT2D eigenvalue weighted by atomic mass is 9.66. The molecule has 0 nitrogen and oxygen atoms in total. The lowest BCUT2D eigenvalue weighted by Crippen LogP contribution is -2.43. The summed E-state index contributed by atoms with van der Waals surface area (Å²) in [5, 5.41) is 0. The van der Waals surface area contributed by atoms with Crippen molar-refractivity contribution in [3.8, 4) is 0 Å². The van der Waals surface area contributed by atoms with E-state index in [0.717, 1.165) is 44.8 Å². The van der Waals surface area contributed by atoms with Gasteiger partial charge in [0.1, 0.15) is 0 Å². The molecule has 0 amide bonds. The Kier molecular flexibility index (Phi) is 31.6.